The third-order valence-corrected chi connectivity index (χ3v) is 4.49. The molecule has 0 fully saturated rings. The molecule has 0 aliphatic rings. The lowest BCUT2D eigenvalue weighted by Crippen LogP contribution is -2.24. The maximum absolute atomic E-state index is 11.9. The minimum Gasteiger partial charge on any atom is -0.356 e. The number of thiophene rings is 1. The average Bonchev–Trinajstić information content (AvgIpc) is 3.20. The van der Waals surface area contributed by atoms with E-state index in [0.717, 1.165) is 36.5 Å². The van der Waals surface area contributed by atoms with Crippen LogP contribution in [0.15, 0.2) is 35.8 Å². The normalized spacial score (nSPS) is 11.0. The molecule has 0 saturated heterocycles. The maximum atomic E-state index is 11.9. The Hall–Kier alpha value is -2.21. The van der Waals surface area contributed by atoms with Gasteiger partial charge in [0, 0.05) is 30.5 Å². The van der Waals surface area contributed by atoms with Gasteiger partial charge in [0.2, 0.25) is 5.91 Å². The van der Waals surface area contributed by atoms with Crippen LogP contribution in [0.1, 0.15) is 30.5 Å². The Bertz CT molecular complexity index is 779. The Morgan fingerprint density at radius 2 is 2.26 bits per heavy atom. The summed E-state index contributed by atoms with van der Waals surface area (Å²) in [6.07, 6.45) is 3.81. The molecule has 0 radical (unpaired) electrons. The second kappa shape index (κ2) is 7.37. The van der Waals surface area contributed by atoms with Crippen LogP contribution >= 0.6 is 11.3 Å². The summed E-state index contributed by atoms with van der Waals surface area (Å²) in [5, 5.41) is 4.98. The van der Waals surface area contributed by atoms with E-state index in [1.54, 1.807) is 17.5 Å². The number of carbonyl (C=O) groups is 1. The second-order valence-electron chi connectivity index (χ2n) is 5.39. The number of aromatic nitrogens is 3. The van der Waals surface area contributed by atoms with Crippen molar-refractivity contribution in [1.82, 2.24) is 19.9 Å². The Morgan fingerprint density at radius 1 is 1.35 bits per heavy atom. The molecule has 3 aromatic rings. The molecule has 3 rings (SSSR count). The molecule has 0 aliphatic heterocycles. The van der Waals surface area contributed by atoms with Crippen LogP contribution in [-0.2, 0) is 17.8 Å². The molecule has 0 saturated carbocycles. The first-order valence-corrected chi connectivity index (χ1v) is 8.75. The molecule has 5 nitrogen and oxygen atoms in total. The minimum atomic E-state index is 0.0783. The Kier molecular flexibility index (Phi) is 5.02. The van der Waals surface area contributed by atoms with E-state index < -0.39 is 0 Å². The highest BCUT2D eigenvalue weighted by Gasteiger charge is 2.13. The van der Waals surface area contributed by atoms with Crippen molar-refractivity contribution in [1.29, 1.82) is 0 Å². The topological polar surface area (TPSA) is 59.8 Å². The number of aryl methyl sites for hydroxylation is 1. The first kappa shape index (κ1) is 15.7. The number of carbonyl (C=O) groups excluding carboxylic acids is 1. The van der Waals surface area contributed by atoms with Crippen LogP contribution in [0.5, 0.6) is 0 Å². The summed E-state index contributed by atoms with van der Waals surface area (Å²) in [6.45, 7) is 3.52. The van der Waals surface area contributed by atoms with Crippen LogP contribution in [0.3, 0.4) is 0 Å². The fourth-order valence-electron chi connectivity index (χ4n) is 2.50. The highest BCUT2D eigenvalue weighted by atomic mass is 32.1. The van der Waals surface area contributed by atoms with Crippen molar-refractivity contribution >= 4 is 28.4 Å². The highest BCUT2D eigenvalue weighted by molar-refractivity contribution is 7.09. The highest BCUT2D eigenvalue weighted by Crippen LogP contribution is 2.19. The number of nitrogens with one attached hydrogen (secondary N) is 1. The monoisotopic (exact) mass is 328 g/mol. The van der Waals surface area contributed by atoms with E-state index in [2.05, 4.69) is 31.3 Å². The lowest BCUT2D eigenvalue weighted by atomic mass is 10.2. The molecule has 1 amide bonds. The van der Waals surface area contributed by atoms with Crippen molar-refractivity contribution in [2.45, 2.75) is 32.7 Å². The van der Waals surface area contributed by atoms with Crippen molar-refractivity contribution in [3.8, 4) is 0 Å². The minimum absolute atomic E-state index is 0.0783. The number of rotatable bonds is 7. The predicted molar refractivity (Wildman–Crippen MR) is 92.6 cm³/mol. The lowest BCUT2D eigenvalue weighted by molar-refractivity contribution is -0.121. The van der Waals surface area contributed by atoms with Crippen LogP contribution in [0.25, 0.3) is 11.2 Å². The van der Waals surface area contributed by atoms with E-state index in [0.29, 0.717) is 12.8 Å². The van der Waals surface area contributed by atoms with E-state index in [9.17, 15) is 4.79 Å². The number of nitrogens with zero attached hydrogens (tertiary/aromatic N) is 3. The van der Waals surface area contributed by atoms with Crippen molar-refractivity contribution in [2.75, 3.05) is 6.54 Å². The van der Waals surface area contributed by atoms with Crippen LogP contribution in [0.2, 0.25) is 0 Å². The molecule has 0 unspecified atom stereocenters. The molecular weight excluding hydrogens is 308 g/mol. The van der Waals surface area contributed by atoms with Crippen molar-refractivity contribution in [2.24, 2.45) is 0 Å². The van der Waals surface area contributed by atoms with Crippen LogP contribution in [0, 0.1) is 0 Å². The van der Waals surface area contributed by atoms with Gasteiger partial charge >= 0.3 is 0 Å². The van der Waals surface area contributed by atoms with Gasteiger partial charge in [0.05, 0.1) is 6.54 Å². The first-order chi connectivity index (χ1) is 11.3. The van der Waals surface area contributed by atoms with Gasteiger partial charge in [-0.05, 0) is 30.0 Å². The summed E-state index contributed by atoms with van der Waals surface area (Å²) in [5.74, 6) is 0.994. The fourth-order valence-corrected chi connectivity index (χ4v) is 3.19. The fraction of sp³-hybridized carbons (Fsp3) is 0.353. The van der Waals surface area contributed by atoms with Gasteiger partial charge < -0.3 is 9.88 Å². The van der Waals surface area contributed by atoms with Gasteiger partial charge in [0.15, 0.2) is 5.65 Å². The summed E-state index contributed by atoms with van der Waals surface area (Å²) in [4.78, 5) is 22.2. The number of pyridine rings is 1. The second-order valence-corrected chi connectivity index (χ2v) is 6.42. The number of hydrogen-bond donors (Lipinski definition) is 1. The van der Waals surface area contributed by atoms with E-state index in [1.807, 2.05) is 25.1 Å². The molecule has 0 spiro atoms. The SMILES string of the molecule is CCCNC(=O)CCc1nc2cccnc2n1Cc1cccs1. The van der Waals surface area contributed by atoms with Gasteiger partial charge in [-0.1, -0.05) is 13.0 Å². The molecule has 0 atom stereocenters. The molecule has 0 bridgehead atoms. The quantitative estimate of drug-likeness (QED) is 0.725. The van der Waals surface area contributed by atoms with Gasteiger partial charge in [0.1, 0.15) is 11.3 Å². The number of fused-ring (bicyclic) bond motifs is 1. The van der Waals surface area contributed by atoms with E-state index >= 15 is 0 Å². The van der Waals surface area contributed by atoms with E-state index in [1.165, 1.54) is 4.88 Å². The summed E-state index contributed by atoms with van der Waals surface area (Å²) >= 11 is 1.72. The molecule has 120 valence electrons. The lowest BCUT2D eigenvalue weighted by Gasteiger charge is -2.07. The van der Waals surface area contributed by atoms with Crippen molar-refractivity contribution < 1.29 is 4.79 Å². The summed E-state index contributed by atoms with van der Waals surface area (Å²) in [5.41, 5.74) is 1.76. The summed E-state index contributed by atoms with van der Waals surface area (Å²) < 4.78 is 2.12. The molecule has 3 heterocycles. The van der Waals surface area contributed by atoms with Crippen LogP contribution in [0.4, 0.5) is 0 Å². The predicted octanol–water partition coefficient (Wildman–Crippen LogP) is 3.00. The Labute approximate surface area is 139 Å². The molecule has 1 N–H and O–H groups in total. The van der Waals surface area contributed by atoms with E-state index in [-0.39, 0.29) is 5.91 Å². The Balaban J connectivity index is 1.82. The number of hydrogen-bond acceptors (Lipinski definition) is 4. The largest absolute Gasteiger partial charge is 0.356 e. The molecular formula is C17H20N4OS. The molecule has 0 aromatic carbocycles. The summed E-state index contributed by atoms with van der Waals surface area (Å²) in [6, 6.07) is 8.01. The van der Waals surface area contributed by atoms with Gasteiger partial charge in [-0.15, -0.1) is 11.3 Å². The molecule has 3 aromatic heterocycles. The first-order valence-electron chi connectivity index (χ1n) is 7.87. The standard InChI is InChI=1S/C17H20N4OS/c1-2-9-18-16(22)8-7-15-20-14-6-3-10-19-17(14)21(15)12-13-5-4-11-23-13/h3-6,10-11H,2,7-9,12H2,1H3,(H,18,22). The summed E-state index contributed by atoms with van der Waals surface area (Å²) in [7, 11) is 0. The third-order valence-electron chi connectivity index (χ3n) is 3.62. The molecule has 0 aliphatic carbocycles. The molecule has 6 heteroatoms. The average molecular weight is 328 g/mol. The van der Waals surface area contributed by atoms with Crippen LogP contribution < -0.4 is 5.32 Å². The van der Waals surface area contributed by atoms with Crippen molar-refractivity contribution in [3.05, 3.63) is 46.5 Å². The zero-order chi connectivity index (χ0) is 16.1. The van der Waals surface area contributed by atoms with Gasteiger partial charge in [-0.2, -0.15) is 0 Å². The van der Waals surface area contributed by atoms with Gasteiger partial charge in [-0.3, -0.25) is 4.79 Å². The van der Waals surface area contributed by atoms with Gasteiger partial charge in [0.25, 0.3) is 0 Å². The zero-order valence-electron chi connectivity index (χ0n) is 13.2. The number of amides is 1. The third kappa shape index (κ3) is 3.76. The van der Waals surface area contributed by atoms with Gasteiger partial charge in [-0.25, -0.2) is 9.97 Å². The van der Waals surface area contributed by atoms with Crippen molar-refractivity contribution in [3.63, 3.8) is 0 Å². The van der Waals surface area contributed by atoms with Crippen LogP contribution in [-0.4, -0.2) is 27.0 Å². The molecule has 23 heavy (non-hydrogen) atoms. The smallest absolute Gasteiger partial charge is 0.220 e. The van der Waals surface area contributed by atoms with E-state index in [4.69, 9.17) is 0 Å². The zero-order valence-corrected chi connectivity index (χ0v) is 14.0. The Morgan fingerprint density at radius 3 is 3.04 bits per heavy atom. The maximum Gasteiger partial charge on any atom is 0.220 e. The number of imidazole rings is 1.